The number of carbonyl (C=O) groups is 2. The third-order valence-electron chi connectivity index (χ3n) is 6.49. The molecule has 176 valence electrons. The third kappa shape index (κ3) is 6.88. The summed E-state index contributed by atoms with van der Waals surface area (Å²) < 4.78 is 5.18. The second-order valence-electron chi connectivity index (χ2n) is 9.08. The highest BCUT2D eigenvalue weighted by Gasteiger charge is 2.32. The number of ether oxygens (including phenoxy) is 1. The van der Waals surface area contributed by atoms with Gasteiger partial charge in [-0.3, -0.25) is 9.59 Å². The molecule has 3 atom stereocenters. The van der Waals surface area contributed by atoms with E-state index in [4.69, 9.17) is 4.74 Å². The lowest BCUT2D eigenvalue weighted by Crippen LogP contribution is -2.37. The molecule has 2 amide bonds. The van der Waals surface area contributed by atoms with Gasteiger partial charge in [-0.15, -0.1) is 0 Å². The fourth-order valence-electron chi connectivity index (χ4n) is 4.48. The fourth-order valence-corrected chi connectivity index (χ4v) is 4.48. The zero-order valence-corrected chi connectivity index (χ0v) is 19.9. The maximum atomic E-state index is 12.7. The molecule has 2 aromatic rings. The predicted octanol–water partition coefficient (Wildman–Crippen LogP) is 3.78. The molecule has 1 aliphatic rings. The predicted molar refractivity (Wildman–Crippen MR) is 128 cm³/mol. The largest absolute Gasteiger partial charge is 0.497 e. The average Bonchev–Trinajstić information content (AvgIpc) is 2.83. The summed E-state index contributed by atoms with van der Waals surface area (Å²) in [5, 5.41) is 6.07. The van der Waals surface area contributed by atoms with Crippen molar-refractivity contribution in [2.75, 3.05) is 13.7 Å². The molecule has 1 heterocycles. The van der Waals surface area contributed by atoms with Crippen LogP contribution in [-0.4, -0.2) is 35.4 Å². The van der Waals surface area contributed by atoms with Crippen molar-refractivity contribution in [3.05, 3.63) is 65.8 Å². The average molecular weight is 451 g/mol. The molecule has 0 fully saturated rings. The number of benzene rings is 1. The minimum atomic E-state index is -0.163. The van der Waals surface area contributed by atoms with Crippen molar-refractivity contribution >= 4 is 11.8 Å². The highest BCUT2D eigenvalue weighted by molar-refractivity contribution is 5.93. The number of nitrogens with zero attached hydrogens (tertiary/aromatic N) is 2. The zero-order chi connectivity index (χ0) is 23.8. The Balaban J connectivity index is 1.56. The molecule has 0 bridgehead atoms. The Kier molecular flexibility index (Phi) is 8.58. The first-order valence-electron chi connectivity index (χ1n) is 11.5. The van der Waals surface area contributed by atoms with Gasteiger partial charge in [0.05, 0.1) is 12.7 Å². The van der Waals surface area contributed by atoms with E-state index in [1.54, 1.807) is 7.11 Å². The van der Waals surface area contributed by atoms with E-state index in [9.17, 15) is 9.59 Å². The summed E-state index contributed by atoms with van der Waals surface area (Å²) in [7, 11) is 1.64. The van der Waals surface area contributed by atoms with E-state index in [1.807, 2.05) is 24.3 Å². The van der Waals surface area contributed by atoms with Crippen molar-refractivity contribution in [3.8, 4) is 5.75 Å². The second-order valence-corrected chi connectivity index (χ2v) is 9.08. The molecular formula is C26H34N4O3. The van der Waals surface area contributed by atoms with Gasteiger partial charge in [0, 0.05) is 31.9 Å². The van der Waals surface area contributed by atoms with Crippen LogP contribution in [0.3, 0.4) is 0 Å². The van der Waals surface area contributed by atoms with Crippen LogP contribution in [0.4, 0.5) is 0 Å². The van der Waals surface area contributed by atoms with Gasteiger partial charge in [-0.1, -0.05) is 37.6 Å². The minimum absolute atomic E-state index is 0.0573. The first kappa shape index (κ1) is 24.4. The number of allylic oxidation sites excluding steroid dienone is 1. The summed E-state index contributed by atoms with van der Waals surface area (Å²) in [5.74, 6) is 1.98. The van der Waals surface area contributed by atoms with Crippen LogP contribution in [0.2, 0.25) is 0 Å². The Bertz CT molecular complexity index is 957. The van der Waals surface area contributed by atoms with Gasteiger partial charge in [0.2, 0.25) is 5.91 Å². The highest BCUT2D eigenvalue weighted by atomic mass is 16.5. The Morgan fingerprint density at radius 2 is 1.82 bits per heavy atom. The van der Waals surface area contributed by atoms with Crippen LogP contribution in [-0.2, 0) is 11.3 Å². The number of aromatic nitrogens is 2. The molecule has 2 N–H and O–H groups in total. The number of rotatable bonds is 9. The monoisotopic (exact) mass is 450 g/mol. The molecule has 1 aromatic carbocycles. The maximum Gasteiger partial charge on any atom is 0.254 e. The van der Waals surface area contributed by atoms with Gasteiger partial charge in [0.15, 0.2) is 0 Å². The molecule has 0 unspecified atom stereocenters. The third-order valence-corrected chi connectivity index (χ3v) is 6.49. The quantitative estimate of drug-likeness (QED) is 0.567. The summed E-state index contributed by atoms with van der Waals surface area (Å²) in [4.78, 5) is 32.9. The first-order chi connectivity index (χ1) is 15.9. The van der Waals surface area contributed by atoms with Crippen LogP contribution >= 0.6 is 0 Å². The van der Waals surface area contributed by atoms with E-state index < -0.39 is 0 Å². The van der Waals surface area contributed by atoms with Gasteiger partial charge in [-0.25, -0.2) is 9.97 Å². The molecule has 7 heteroatoms. The molecular weight excluding hydrogens is 416 g/mol. The van der Waals surface area contributed by atoms with Crippen molar-refractivity contribution < 1.29 is 14.3 Å². The number of nitrogens with one attached hydrogen (secondary N) is 2. The van der Waals surface area contributed by atoms with E-state index in [0.29, 0.717) is 36.9 Å². The Morgan fingerprint density at radius 1 is 1.12 bits per heavy atom. The molecule has 3 rings (SSSR count). The van der Waals surface area contributed by atoms with Crippen LogP contribution in [0.25, 0.3) is 0 Å². The maximum absolute atomic E-state index is 12.7. The molecule has 0 saturated carbocycles. The Hall–Kier alpha value is -3.22. The molecule has 1 aromatic heterocycles. The van der Waals surface area contributed by atoms with Crippen LogP contribution in [0, 0.1) is 23.7 Å². The standard InChI is InChI=1S/C26H34N4O3/c1-17(2)24-10-20(11-25(31)29-12-19-5-7-23(33-4)8-6-19)18(3)9-21(24)15-30-26(32)22-13-27-16-28-14-22/h5-9,13-14,16-17,20-21,24H,10-12,15H2,1-4H3,(H,29,31)(H,30,32)/t20-,21-,24-/m0/s1. The molecule has 0 aliphatic heterocycles. The number of amides is 2. The summed E-state index contributed by atoms with van der Waals surface area (Å²) in [6.07, 6.45) is 8.10. The van der Waals surface area contributed by atoms with Crippen molar-refractivity contribution in [2.45, 2.75) is 40.2 Å². The molecule has 0 spiro atoms. The highest BCUT2D eigenvalue weighted by Crippen LogP contribution is 2.38. The van der Waals surface area contributed by atoms with E-state index >= 15 is 0 Å². The van der Waals surface area contributed by atoms with Gasteiger partial charge in [0.25, 0.3) is 5.91 Å². The smallest absolute Gasteiger partial charge is 0.254 e. The van der Waals surface area contributed by atoms with E-state index in [0.717, 1.165) is 17.7 Å². The lowest BCUT2D eigenvalue weighted by atomic mass is 9.69. The molecule has 0 radical (unpaired) electrons. The van der Waals surface area contributed by atoms with E-state index in [-0.39, 0.29) is 23.7 Å². The SMILES string of the molecule is COc1ccc(CNC(=O)C[C@@H]2C[C@@H](C(C)C)[C@H](CNC(=O)c3cncnc3)C=C2C)cc1. The van der Waals surface area contributed by atoms with Crippen molar-refractivity contribution in [1.82, 2.24) is 20.6 Å². The summed E-state index contributed by atoms with van der Waals surface area (Å²) in [6.45, 7) is 7.57. The van der Waals surface area contributed by atoms with Crippen molar-refractivity contribution in [2.24, 2.45) is 23.7 Å². The Labute approximate surface area is 196 Å². The lowest BCUT2D eigenvalue weighted by molar-refractivity contribution is -0.122. The first-order valence-corrected chi connectivity index (χ1v) is 11.5. The number of methoxy groups -OCH3 is 1. The van der Waals surface area contributed by atoms with E-state index in [1.165, 1.54) is 24.3 Å². The fraction of sp³-hybridized carbons (Fsp3) is 0.462. The second kappa shape index (κ2) is 11.6. The molecule has 7 nitrogen and oxygen atoms in total. The van der Waals surface area contributed by atoms with Crippen LogP contribution in [0.15, 0.2) is 54.6 Å². The number of hydrogen-bond acceptors (Lipinski definition) is 5. The van der Waals surface area contributed by atoms with Crippen molar-refractivity contribution in [3.63, 3.8) is 0 Å². The number of hydrogen-bond donors (Lipinski definition) is 2. The van der Waals surface area contributed by atoms with Gasteiger partial charge < -0.3 is 15.4 Å². The molecule has 0 saturated heterocycles. The lowest BCUT2D eigenvalue weighted by Gasteiger charge is -2.37. The van der Waals surface area contributed by atoms with Crippen LogP contribution in [0.5, 0.6) is 5.75 Å². The van der Waals surface area contributed by atoms with Crippen LogP contribution in [0.1, 0.15) is 49.5 Å². The normalized spacial score (nSPS) is 20.2. The Morgan fingerprint density at radius 3 is 2.45 bits per heavy atom. The van der Waals surface area contributed by atoms with Gasteiger partial charge >= 0.3 is 0 Å². The van der Waals surface area contributed by atoms with Gasteiger partial charge in [-0.05, 0) is 54.7 Å². The summed E-state index contributed by atoms with van der Waals surface area (Å²) in [6, 6.07) is 7.71. The van der Waals surface area contributed by atoms with Gasteiger partial charge in [-0.2, -0.15) is 0 Å². The van der Waals surface area contributed by atoms with Crippen LogP contribution < -0.4 is 15.4 Å². The minimum Gasteiger partial charge on any atom is -0.497 e. The van der Waals surface area contributed by atoms with Crippen molar-refractivity contribution in [1.29, 1.82) is 0 Å². The summed E-state index contributed by atoms with van der Waals surface area (Å²) >= 11 is 0. The van der Waals surface area contributed by atoms with Gasteiger partial charge in [0.1, 0.15) is 12.1 Å². The summed E-state index contributed by atoms with van der Waals surface area (Å²) in [5.41, 5.74) is 2.72. The topological polar surface area (TPSA) is 93.2 Å². The zero-order valence-electron chi connectivity index (χ0n) is 19.9. The van der Waals surface area contributed by atoms with E-state index in [2.05, 4.69) is 47.4 Å². The number of carbonyl (C=O) groups excluding carboxylic acids is 2. The molecule has 33 heavy (non-hydrogen) atoms. The molecule has 1 aliphatic carbocycles.